The van der Waals surface area contributed by atoms with E-state index in [1.165, 1.54) is 25.3 Å². The summed E-state index contributed by atoms with van der Waals surface area (Å²) in [6.07, 6.45) is 0. The van der Waals surface area contributed by atoms with Gasteiger partial charge in [0.2, 0.25) is 10.0 Å². The van der Waals surface area contributed by atoms with Crippen molar-refractivity contribution in [2.24, 2.45) is 0 Å². The number of thioether (sulfide) groups is 1. The van der Waals surface area contributed by atoms with Crippen LogP contribution in [0.4, 0.5) is 0 Å². The molecule has 0 saturated carbocycles. The summed E-state index contributed by atoms with van der Waals surface area (Å²) in [5.41, 5.74) is 1.10. The van der Waals surface area contributed by atoms with Crippen LogP contribution in [-0.4, -0.2) is 39.8 Å². The number of sulfonamides is 1. The minimum atomic E-state index is -3.77. The number of rotatable bonds is 10. The van der Waals surface area contributed by atoms with E-state index in [1.54, 1.807) is 23.9 Å². The first kappa shape index (κ1) is 24.8. The molecule has 0 aliphatic rings. The first-order valence-corrected chi connectivity index (χ1v) is 12.5. The van der Waals surface area contributed by atoms with Crippen LogP contribution in [0.3, 0.4) is 0 Å². The van der Waals surface area contributed by atoms with Crippen LogP contribution in [-0.2, 0) is 15.8 Å². The van der Waals surface area contributed by atoms with Gasteiger partial charge in [-0.05, 0) is 49.7 Å². The average molecular weight is 491 g/mol. The molecule has 0 atom stereocenters. The number of amides is 1. The zero-order valence-electron chi connectivity index (χ0n) is 16.9. The molecular weight excluding hydrogens is 467 g/mol. The third-order valence-electron chi connectivity index (χ3n) is 3.96. The Hall–Kier alpha value is -1.45. The predicted molar refractivity (Wildman–Crippen MR) is 123 cm³/mol. The SMILES string of the molecule is COc1ccc(S(=O)(=O)NCCSCc2ccc(Cl)cc2Cl)cc1C(=O)NC(C)C. The van der Waals surface area contributed by atoms with Crippen LogP contribution in [0.1, 0.15) is 29.8 Å². The van der Waals surface area contributed by atoms with Crippen LogP contribution in [0, 0.1) is 0 Å². The van der Waals surface area contributed by atoms with Crippen molar-refractivity contribution in [1.82, 2.24) is 10.0 Å². The molecule has 6 nitrogen and oxygen atoms in total. The number of hydrogen-bond acceptors (Lipinski definition) is 5. The molecule has 0 spiro atoms. The standard InChI is InChI=1S/C20H24Cl2N2O4S2/c1-13(2)24-20(25)17-11-16(6-7-19(17)28-3)30(26,27)23-8-9-29-12-14-4-5-15(21)10-18(14)22/h4-7,10-11,13,23H,8-9,12H2,1-3H3,(H,24,25). The minimum absolute atomic E-state index is 0.00273. The quantitative estimate of drug-likeness (QED) is 0.483. The summed E-state index contributed by atoms with van der Waals surface area (Å²) in [4.78, 5) is 12.4. The van der Waals surface area contributed by atoms with Gasteiger partial charge in [0.05, 0.1) is 17.6 Å². The molecule has 0 radical (unpaired) electrons. The van der Waals surface area contributed by atoms with E-state index >= 15 is 0 Å². The maximum Gasteiger partial charge on any atom is 0.255 e. The van der Waals surface area contributed by atoms with Gasteiger partial charge in [-0.1, -0.05) is 29.3 Å². The van der Waals surface area contributed by atoms with E-state index in [0.29, 0.717) is 27.3 Å². The number of ether oxygens (including phenoxy) is 1. The lowest BCUT2D eigenvalue weighted by Crippen LogP contribution is -2.31. The van der Waals surface area contributed by atoms with E-state index in [4.69, 9.17) is 27.9 Å². The summed E-state index contributed by atoms with van der Waals surface area (Å²) >= 11 is 13.6. The van der Waals surface area contributed by atoms with Crippen LogP contribution in [0.5, 0.6) is 5.75 Å². The number of halogens is 2. The number of nitrogens with one attached hydrogen (secondary N) is 2. The minimum Gasteiger partial charge on any atom is -0.496 e. The Morgan fingerprint density at radius 2 is 1.90 bits per heavy atom. The van der Waals surface area contributed by atoms with Gasteiger partial charge in [0.25, 0.3) is 5.91 Å². The highest BCUT2D eigenvalue weighted by molar-refractivity contribution is 7.98. The van der Waals surface area contributed by atoms with E-state index in [1.807, 2.05) is 19.9 Å². The lowest BCUT2D eigenvalue weighted by Gasteiger charge is -2.13. The van der Waals surface area contributed by atoms with Gasteiger partial charge in [-0.3, -0.25) is 4.79 Å². The third kappa shape index (κ3) is 7.06. The van der Waals surface area contributed by atoms with Crippen molar-refractivity contribution in [2.75, 3.05) is 19.4 Å². The maximum absolute atomic E-state index is 12.6. The molecule has 1 amide bonds. The van der Waals surface area contributed by atoms with Gasteiger partial charge in [-0.25, -0.2) is 13.1 Å². The molecule has 0 saturated heterocycles. The fourth-order valence-electron chi connectivity index (χ4n) is 2.52. The fourth-order valence-corrected chi connectivity index (χ4v) is 5.13. The Morgan fingerprint density at radius 3 is 2.53 bits per heavy atom. The average Bonchev–Trinajstić information content (AvgIpc) is 2.68. The Balaban J connectivity index is 1.98. The predicted octanol–water partition coefficient (Wildman–Crippen LogP) is 4.35. The molecule has 0 bridgehead atoms. The second-order valence-electron chi connectivity index (χ2n) is 6.68. The van der Waals surface area contributed by atoms with E-state index in [2.05, 4.69) is 10.0 Å². The molecule has 2 aromatic rings. The molecule has 10 heteroatoms. The Morgan fingerprint density at radius 1 is 1.17 bits per heavy atom. The summed E-state index contributed by atoms with van der Waals surface area (Å²) in [5, 5.41) is 3.90. The molecule has 2 N–H and O–H groups in total. The summed E-state index contributed by atoms with van der Waals surface area (Å²) in [6.45, 7) is 3.88. The van der Waals surface area contributed by atoms with Crippen LogP contribution >= 0.6 is 35.0 Å². The second kappa shape index (κ2) is 11.2. The largest absolute Gasteiger partial charge is 0.496 e. The summed E-state index contributed by atoms with van der Waals surface area (Å²) in [6, 6.07) is 9.41. The molecule has 0 fully saturated rings. The lowest BCUT2D eigenvalue weighted by molar-refractivity contribution is 0.0940. The van der Waals surface area contributed by atoms with Gasteiger partial charge in [0, 0.05) is 34.1 Å². The second-order valence-corrected chi connectivity index (χ2v) is 10.4. The van der Waals surface area contributed by atoms with Gasteiger partial charge >= 0.3 is 0 Å². The van der Waals surface area contributed by atoms with Crippen LogP contribution in [0.15, 0.2) is 41.3 Å². The van der Waals surface area contributed by atoms with Crippen molar-refractivity contribution in [1.29, 1.82) is 0 Å². The Kier molecular flexibility index (Phi) is 9.31. The van der Waals surface area contributed by atoms with Gasteiger partial charge in [-0.2, -0.15) is 11.8 Å². The molecule has 30 heavy (non-hydrogen) atoms. The summed E-state index contributed by atoms with van der Waals surface area (Å²) in [7, 11) is -2.34. The Bertz CT molecular complexity index is 998. The van der Waals surface area contributed by atoms with Crippen LogP contribution < -0.4 is 14.8 Å². The summed E-state index contributed by atoms with van der Waals surface area (Å²) < 4.78 is 33.0. The highest BCUT2D eigenvalue weighted by Gasteiger charge is 2.20. The Labute approximate surface area is 191 Å². The zero-order valence-corrected chi connectivity index (χ0v) is 20.0. The van der Waals surface area contributed by atoms with Crippen molar-refractivity contribution in [2.45, 2.75) is 30.5 Å². The van der Waals surface area contributed by atoms with Crippen molar-refractivity contribution in [3.8, 4) is 5.75 Å². The zero-order chi connectivity index (χ0) is 22.3. The van der Waals surface area contributed by atoms with E-state index in [0.717, 1.165) is 5.56 Å². The normalized spacial score (nSPS) is 11.5. The van der Waals surface area contributed by atoms with Crippen molar-refractivity contribution >= 4 is 50.9 Å². The van der Waals surface area contributed by atoms with Gasteiger partial charge in [-0.15, -0.1) is 0 Å². The molecule has 0 aromatic heterocycles. The highest BCUT2D eigenvalue weighted by Crippen LogP contribution is 2.25. The van der Waals surface area contributed by atoms with E-state index < -0.39 is 15.9 Å². The number of benzene rings is 2. The number of carbonyl (C=O) groups is 1. The number of hydrogen-bond donors (Lipinski definition) is 2. The monoisotopic (exact) mass is 490 g/mol. The molecule has 2 rings (SSSR count). The molecule has 2 aromatic carbocycles. The van der Waals surface area contributed by atoms with E-state index in [9.17, 15) is 13.2 Å². The van der Waals surface area contributed by atoms with Crippen molar-refractivity contribution in [3.05, 3.63) is 57.6 Å². The maximum atomic E-state index is 12.6. The number of methoxy groups -OCH3 is 1. The number of carbonyl (C=O) groups excluding carboxylic acids is 1. The van der Waals surface area contributed by atoms with Gasteiger partial charge < -0.3 is 10.1 Å². The summed E-state index contributed by atoms with van der Waals surface area (Å²) in [5.74, 6) is 1.10. The first-order chi connectivity index (χ1) is 14.1. The first-order valence-electron chi connectivity index (χ1n) is 9.14. The molecular formula is C20H24Cl2N2O4S2. The molecule has 0 aliphatic carbocycles. The topological polar surface area (TPSA) is 84.5 Å². The smallest absolute Gasteiger partial charge is 0.255 e. The fraction of sp³-hybridized carbons (Fsp3) is 0.350. The molecule has 0 aliphatic heterocycles. The van der Waals surface area contributed by atoms with E-state index in [-0.39, 0.29) is 23.0 Å². The van der Waals surface area contributed by atoms with Gasteiger partial charge in [0.15, 0.2) is 0 Å². The lowest BCUT2D eigenvalue weighted by atomic mass is 10.2. The molecule has 164 valence electrons. The van der Waals surface area contributed by atoms with Crippen LogP contribution in [0.25, 0.3) is 0 Å². The van der Waals surface area contributed by atoms with Crippen molar-refractivity contribution < 1.29 is 17.9 Å². The van der Waals surface area contributed by atoms with Crippen molar-refractivity contribution in [3.63, 3.8) is 0 Å². The third-order valence-corrected chi connectivity index (χ3v) is 7.01. The molecule has 0 unspecified atom stereocenters. The molecule has 0 heterocycles. The van der Waals surface area contributed by atoms with Crippen LogP contribution in [0.2, 0.25) is 10.0 Å². The van der Waals surface area contributed by atoms with Gasteiger partial charge in [0.1, 0.15) is 5.75 Å². The highest BCUT2D eigenvalue weighted by atomic mass is 35.5.